The number of halogens is 3. The number of benzene rings is 2. The van der Waals surface area contributed by atoms with Crippen molar-refractivity contribution in [2.45, 2.75) is 79.3 Å². The first-order valence-electron chi connectivity index (χ1n) is 15.1. The maximum absolute atomic E-state index is 15.9. The molecule has 0 fully saturated rings. The number of carbonyl (C=O) groups is 2. The first-order valence-corrected chi connectivity index (χ1v) is 16.2. The molecule has 0 heterocycles. The van der Waals surface area contributed by atoms with E-state index in [0.29, 0.717) is 16.4 Å². The summed E-state index contributed by atoms with van der Waals surface area (Å²) in [5.41, 5.74) is -1.24. The number of aromatic hydroxyl groups is 1. The molecule has 2 atom stereocenters. The summed E-state index contributed by atoms with van der Waals surface area (Å²) < 4.78 is 32.3. The fraction of sp³-hybridized carbons (Fsp3) is 0.562. The van der Waals surface area contributed by atoms with Gasteiger partial charge in [0.25, 0.3) is 0 Å². The lowest BCUT2D eigenvalue weighted by Gasteiger charge is -2.29. The van der Waals surface area contributed by atoms with Crippen molar-refractivity contribution in [1.82, 2.24) is 9.80 Å². The van der Waals surface area contributed by atoms with Gasteiger partial charge in [0.1, 0.15) is 5.75 Å². The van der Waals surface area contributed by atoms with Gasteiger partial charge in [0.15, 0.2) is 17.4 Å². The van der Waals surface area contributed by atoms with E-state index >= 15 is 8.78 Å². The first-order chi connectivity index (χ1) is 20.0. The van der Waals surface area contributed by atoms with Crippen molar-refractivity contribution in [3.63, 3.8) is 0 Å². The fourth-order valence-corrected chi connectivity index (χ4v) is 6.34. The predicted molar refractivity (Wildman–Crippen MR) is 174 cm³/mol. The van der Waals surface area contributed by atoms with Gasteiger partial charge in [0.2, 0.25) is 5.78 Å². The van der Waals surface area contributed by atoms with Crippen LogP contribution in [-0.2, 0) is 0 Å². The van der Waals surface area contributed by atoms with E-state index < -0.39 is 23.2 Å². The van der Waals surface area contributed by atoms with Crippen molar-refractivity contribution in [3.8, 4) is 5.75 Å². The van der Waals surface area contributed by atoms with E-state index in [1.165, 1.54) is 12.1 Å². The molecule has 1 aliphatic carbocycles. The van der Waals surface area contributed by atoms with Gasteiger partial charge in [0, 0.05) is 15.7 Å². The Bertz CT molecular complexity index is 1190. The highest BCUT2D eigenvalue weighted by Crippen LogP contribution is 2.44. The normalized spacial score (nSPS) is 14.3. The van der Waals surface area contributed by atoms with Gasteiger partial charge in [-0.3, -0.25) is 9.59 Å². The average Bonchev–Trinajstić information content (AvgIpc) is 2.97. The Balaban J connectivity index is 2.03. The van der Waals surface area contributed by atoms with Crippen molar-refractivity contribution in [3.05, 3.63) is 49.6 Å². The minimum absolute atomic E-state index is 0.00886. The van der Waals surface area contributed by atoms with Gasteiger partial charge in [-0.25, -0.2) is 8.78 Å². The van der Waals surface area contributed by atoms with Crippen LogP contribution in [-0.4, -0.2) is 77.8 Å². The second-order valence-corrected chi connectivity index (χ2v) is 12.2. The zero-order chi connectivity index (χ0) is 31.1. The van der Waals surface area contributed by atoms with Crippen LogP contribution in [0.5, 0.6) is 5.75 Å². The summed E-state index contributed by atoms with van der Waals surface area (Å²) in [6, 6.07) is 2.29. The van der Waals surface area contributed by atoms with Crippen LogP contribution in [0.25, 0.3) is 0 Å². The lowest BCUT2D eigenvalue weighted by atomic mass is 9.81. The van der Waals surface area contributed by atoms with Crippen LogP contribution in [0.4, 0.5) is 20.2 Å². The molecule has 42 heavy (non-hydrogen) atoms. The lowest BCUT2D eigenvalue weighted by Crippen LogP contribution is -2.31. The molecule has 0 spiro atoms. The second-order valence-electron chi connectivity index (χ2n) is 11.0. The number of nitrogens with one attached hydrogen (secondary N) is 2. The second kappa shape index (κ2) is 15.4. The number of fused-ring (bicyclic) bond motifs is 2. The summed E-state index contributed by atoms with van der Waals surface area (Å²) in [5.74, 6) is -4.09. The molecule has 0 bridgehead atoms. The molecule has 2 aromatic rings. The smallest absolute Gasteiger partial charge is 0.200 e. The van der Waals surface area contributed by atoms with Gasteiger partial charge in [-0.2, -0.15) is 0 Å². The predicted octanol–water partition coefficient (Wildman–Crippen LogP) is 6.90. The molecule has 0 aliphatic heterocycles. The van der Waals surface area contributed by atoms with Crippen LogP contribution < -0.4 is 10.6 Å². The van der Waals surface area contributed by atoms with Crippen LogP contribution in [0.3, 0.4) is 0 Å². The van der Waals surface area contributed by atoms with Gasteiger partial charge in [-0.15, -0.1) is 0 Å². The topological polar surface area (TPSA) is 84.9 Å². The van der Waals surface area contributed by atoms with E-state index in [0.717, 1.165) is 52.1 Å². The van der Waals surface area contributed by atoms with Crippen LogP contribution in [0.2, 0.25) is 0 Å². The molecule has 3 rings (SSSR count). The van der Waals surface area contributed by atoms with Gasteiger partial charge < -0.3 is 25.5 Å². The highest BCUT2D eigenvalue weighted by molar-refractivity contribution is 14.1. The van der Waals surface area contributed by atoms with Gasteiger partial charge in [0.05, 0.1) is 33.6 Å². The Hall–Kier alpha value is -2.31. The summed E-state index contributed by atoms with van der Waals surface area (Å²) in [4.78, 5) is 32.5. The highest BCUT2D eigenvalue weighted by atomic mass is 127. The molecule has 10 heteroatoms. The van der Waals surface area contributed by atoms with Crippen LogP contribution in [0, 0.1) is 15.2 Å². The van der Waals surface area contributed by atoms with E-state index in [1.54, 1.807) is 0 Å². The Morgan fingerprint density at radius 1 is 0.738 bits per heavy atom. The number of phenols is 1. The minimum Gasteiger partial charge on any atom is -0.507 e. The lowest BCUT2D eigenvalue weighted by molar-refractivity contribution is 0.0976. The molecular formula is C32H45F2IN4O3. The van der Waals surface area contributed by atoms with Gasteiger partial charge in [-0.1, -0.05) is 27.7 Å². The molecular weight excluding hydrogens is 653 g/mol. The molecule has 232 valence electrons. The highest BCUT2D eigenvalue weighted by Gasteiger charge is 2.41. The molecule has 2 unspecified atom stereocenters. The number of anilines is 2. The SMILES string of the molecule is CCN(CC)CCCC(C)Nc1c(F)c(F)c(NC(C)CCCN(CC)CC)c2c1C(=O)c1c(O)ccc(I)c1C2=O. The van der Waals surface area contributed by atoms with Gasteiger partial charge >= 0.3 is 0 Å². The third-order valence-corrected chi connectivity index (χ3v) is 9.11. The Morgan fingerprint density at radius 2 is 1.14 bits per heavy atom. The maximum Gasteiger partial charge on any atom is 0.200 e. The number of hydrogen-bond donors (Lipinski definition) is 3. The monoisotopic (exact) mass is 698 g/mol. The van der Waals surface area contributed by atoms with Crippen molar-refractivity contribution in [1.29, 1.82) is 0 Å². The molecule has 3 N–H and O–H groups in total. The summed E-state index contributed by atoms with van der Waals surface area (Å²) in [7, 11) is 0. The van der Waals surface area contributed by atoms with E-state index in [2.05, 4.69) is 48.1 Å². The zero-order valence-electron chi connectivity index (χ0n) is 25.7. The van der Waals surface area contributed by atoms with Crippen molar-refractivity contribution in [2.75, 3.05) is 49.9 Å². The molecule has 0 amide bonds. The van der Waals surface area contributed by atoms with Crippen molar-refractivity contribution in [2.24, 2.45) is 0 Å². The number of rotatable bonds is 16. The van der Waals surface area contributed by atoms with Crippen LogP contribution in [0.1, 0.15) is 99.1 Å². The fourth-order valence-electron chi connectivity index (χ4n) is 5.64. The minimum atomic E-state index is -1.21. The largest absolute Gasteiger partial charge is 0.507 e. The maximum atomic E-state index is 15.9. The summed E-state index contributed by atoms with van der Waals surface area (Å²) in [5, 5.41) is 16.7. The molecule has 2 aromatic carbocycles. The third kappa shape index (κ3) is 7.42. The molecule has 0 aromatic heterocycles. The quantitative estimate of drug-likeness (QED) is 0.141. The standard InChI is InChI=1S/C32H45F2IN4O3/c1-7-38(8-2)17-11-13-19(5)36-29-25-26(32(42)24-22(40)16-15-21(35)23(24)31(25)41)30(28(34)27(29)33)37-20(6)14-12-18-39(9-3)10-4/h15-16,19-20,36-37,40H,7-14,17-18H2,1-6H3. The molecule has 0 radical (unpaired) electrons. The van der Waals surface area contributed by atoms with Crippen molar-refractivity contribution < 1.29 is 23.5 Å². The molecule has 0 saturated carbocycles. The van der Waals surface area contributed by atoms with Gasteiger partial charge in [-0.05, 0) is 114 Å². The molecule has 7 nitrogen and oxygen atoms in total. The first kappa shape index (κ1) is 34.2. The Morgan fingerprint density at radius 3 is 1.55 bits per heavy atom. The Labute approximate surface area is 262 Å². The molecule has 0 saturated heterocycles. The summed E-state index contributed by atoms with van der Waals surface area (Å²) in [6.45, 7) is 17.5. The number of hydrogen-bond acceptors (Lipinski definition) is 7. The van der Waals surface area contributed by atoms with Crippen molar-refractivity contribution >= 4 is 45.5 Å². The average molecular weight is 699 g/mol. The molecule has 1 aliphatic rings. The summed E-state index contributed by atoms with van der Waals surface area (Å²) in [6.07, 6.45) is 2.96. The zero-order valence-corrected chi connectivity index (χ0v) is 27.8. The number of phenolic OH excluding ortho intramolecular Hbond substituents is 1. The summed E-state index contributed by atoms with van der Waals surface area (Å²) >= 11 is 1.93. The van der Waals surface area contributed by atoms with E-state index in [-0.39, 0.29) is 51.5 Å². The van der Waals surface area contributed by atoms with Crippen LogP contribution >= 0.6 is 22.6 Å². The number of carbonyl (C=O) groups excluding carboxylic acids is 2. The third-order valence-electron chi connectivity index (χ3n) is 8.22. The van der Waals surface area contributed by atoms with E-state index in [1.807, 2.05) is 36.4 Å². The number of ketones is 2. The Kier molecular flexibility index (Phi) is 12.6. The van der Waals surface area contributed by atoms with Crippen LogP contribution in [0.15, 0.2) is 12.1 Å². The van der Waals surface area contributed by atoms with E-state index in [9.17, 15) is 14.7 Å². The van der Waals surface area contributed by atoms with E-state index in [4.69, 9.17) is 0 Å². The number of nitrogens with zero attached hydrogens (tertiary/aromatic N) is 2.